The summed E-state index contributed by atoms with van der Waals surface area (Å²) in [5.74, 6) is 1.04. The highest BCUT2D eigenvalue weighted by molar-refractivity contribution is 14.0. The van der Waals surface area contributed by atoms with Crippen LogP contribution in [0, 0.1) is 0 Å². The Bertz CT molecular complexity index is 717. The molecule has 1 saturated heterocycles. The number of halogens is 2. The molecule has 1 aromatic carbocycles. The van der Waals surface area contributed by atoms with E-state index in [1.807, 2.05) is 6.07 Å². The SMILES string of the molecule is CCNC(=NCCCc1cccc(Br)c1)N1CCN(Cc2ccon2)CC1.I. The third-order valence-electron chi connectivity index (χ3n) is 4.66. The molecule has 0 unspecified atom stereocenters. The van der Waals surface area contributed by atoms with Crippen LogP contribution in [0.1, 0.15) is 24.6 Å². The van der Waals surface area contributed by atoms with Gasteiger partial charge < -0.3 is 14.7 Å². The van der Waals surface area contributed by atoms with Crippen molar-refractivity contribution in [1.82, 2.24) is 20.3 Å². The molecule has 1 N–H and O–H groups in total. The quantitative estimate of drug-likeness (QED) is 0.241. The summed E-state index contributed by atoms with van der Waals surface area (Å²) in [5.41, 5.74) is 2.35. The van der Waals surface area contributed by atoms with Gasteiger partial charge in [0, 0.05) is 56.4 Å². The molecule has 0 atom stereocenters. The zero-order chi connectivity index (χ0) is 18.9. The maximum atomic E-state index is 4.92. The first kappa shape index (κ1) is 23.2. The topological polar surface area (TPSA) is 56.9 Å². The van der Waals surface area contributed by atoms with Gasteiger partial charge in [-0.25, -0.2) is 0 Å². The molecule has 1 aromatic heterocycles. The second-order valence-electron chi connectivity index (χ2n) is 6.72. The van der Waals surface area contributed by atoms with Crippen LogP contribution < -0.4 is 5.32 Å². The second-order valence-corrected chi connectivity index (χ2v) is 7.64. The van der Waals surface area contributed by atoms with Crippen molar-refractivity contribution in [3.05, 3.63) is 52.3 Å². The molecule has 2 aromatic rings. The first-order chi connectivity index (χ1) is 13.2. The van der Waals surface area contributed by atoms with E-state index in [1.165, 1.54) is 5.56 Å². The zero-order valence-electron chi connectivity index (χ0n) is 16.3. The summed E-state index contributed by atoms with van der Waals surface area (Å²) in [6.07, 6.45) is 3.74. The second kappa shape index (κ2) is 12.4. The Hall–Kier alpha value is -1.13. The Morgan fingerprint density at radius 2 is 2.07 bits per heavy atom. The number of nitrogens with one attached hydrogen (secondary N) is 1. The van der Waals surface area contributed by atoms with Gasteiger partial charge in [0.15, 0.2) is 5.96 Å². The first-order valence-corrected chi connectivity index (χ1v) is 10.4. The fourth-order valence-electron chi connectivity index (χ4n) is 3.25. The number of aliphatic imine (C=N–C) groups is 1. The molecule has 2 heterocycles. The molecule has 0 saturated carbocycles. The Kier molecular flexibility index (Phi) is 10.3. The summed E-state index contributed by atoms with van der Waals surface area (Å²) in [4.78, 5) is 9.62. The van der Waals surface area contributed by atoms with Crippen LogP contribution in [0.15, 0.2) is 50.6 Å². The van der Waals surface area contributed by atoms with Gasteiger partial charge in [-0.05, 0) is 37.5 Å². The Morgan fingerprint density at radius 3 is 2.75 bits per heavy atom. The van der Waals surface area contributed by atoms with Gasteiger partial charge >= 0.3 is 0 Å². The average Bonchev–Trinajstić information content (AvgIpc) is 3.18. The van der Waals surface area contributed by atoms with E-state index in [1.54, 1.807) is 6.26 Å². The van der Waals surface area contributed by atoms with E-state index >= 15 is 0 Å². The van der Waals surface area contributed by atoms with Crippen molar-refractivity contribution in [1.29, 1.82) is 0 Å². The summed E-state index contributed by atoms with van der Waals surface area (Å²) in [7, 11) is 0. The molecule has 3 rings (SSSR count). The van der Waals surface area contributed by atoms with Crippen LogP contribution in [-0.2, 0) is 13.0 Å². The smallest absolute Gasteiger partial charge is 0.194 e. The van der Waals surface area contributed by atoms with Crippen LogP contribution in [-0.4, -0.2) is 60.2 Å². The lowest BCUT2D eigenvalue weighted by atomic mass is 10.1. The van der Waals surface area contributed by atoms with Crippen LogP contribution in [0.3, 0.4) is 0 Å². The minimum Gasteiger partial charge on any atom is -0.364 e. The highest BCUT2D eigenvalue weighted by Crippen LogP contribution is 2.13. The molecule has 0 aliphatic carbocycles. The minimum atomic E-state index is 0. The van der Waals surface area contributed by atoms with Gasteiger partial charge in [-0.1, -0.05) is 33.2 Å². The monoisotopic (exact) mass is 561 g/mol. The third-order valence-corrected chi connectivity index (χ3v) is 5.15. The molecule has 28 heavy (non-hydrogen) atoms. The lowest BCUT2D eigenvalue weighted by Gasteiger charge is -2.36. The predicted octanol–water partition coefficient (Wildman–Crippen LogP) is 3.77. The summed E-state index contributed by atoms with van der Waals surface area (Å²) in [6, 6.07) is 10.4. The molecule has 0 radical (unpaired) electrons. The first-order valence-electron chi connectivity index (χ1n) is 9.64. The van der Waals surface area contributed by atoms with Gasteiger partial charge in [0.05, 0.1) is 5.69 Å². The van der Waals surface area contributed by atoms with Gasteiger partial charge in [0.25, 0.3) is 0 Å². The fraction of sp³-hybridized carbons (Fsp3) is 0.500. The number of piperazine rings is 1. The summed E-state index contributed by atoms with van der Waals surface area (Å²) in [5, 5.41) is 7.45. The summed E-state index contributed by atoms with van der Waals surface area (Å²) < 4.78 is 6.06. The largest absolute Gasteiger partial charge is 0.364 e. The van der Waals surface area contributed by atoms with Gasteiger partial charge in [0.2, 0.25) is 0 Å². The van der Waals surface area contributed by atoms with E-state index in [9.17, 15) is 0 Å². The Labute approximate surface area is 192 Å². The number of aromatic nitrogens is 1. The van der Waals surface area contributed by atoms with E-state index in [0.717, 1.165) is 74.8 Å². The summed E-state index contributed by atoms with van der Waals surface area (Å²) >= 11 is 3.53. The van der Waals surface area contributed by atoms with Crippen molar-refractivity contribution in [3.8, 4) is 0 Å². The lowest BCUT2D eigenvalue weighted by Crippen LogP contribution is -2.52. The summed E-state index contributed by atoms with van der Waals surface area (Å²) in [6.45, 7) is 8.69. The number of hydrogen-bond acceptors (Lipinski definition) is 4. The van der Waals surface area contributed by atoms with Gasteiger partial charge in [0.1, 0.15) is 6.26 Å². The van der Waals surface area contributed by atoms with Crippen molar-refractivity contribution in [2.45, 2.75) is 26.3 Å². The van der Waals surface area contributed by atoms with E-state index < -0.39 is 0 Å². The molecule has 8 heteroatoms. The Morgan fingerprint density at radius 1 is 1.25 bits per heavy atom. The van der Waals surface area contributed by atoms with Crippen molar-refractivity contribution < 1.29 is 4.52 Å². The molecule has 1 fully saturated rings. The lowest BCUT2D eigenvalue weighted by molar-refractivity contribution is 0.169. The molecular formula is C20H29BrIN5O. The molecular weight excluding hydrogens is 533 g/mol. The molecule has 0 bridgehead atoms. The van der Waals surface area contributed by atoms with Crippen LogP contribution in [0.5, 0.6) is 0 Å². The van der Waals surface area contributed by atoms with E-state index in [2.05, 4.69) is 67.4 Å². The number of rotatable bonds is 7. The number of aryl methyl sites for hydroxylation is 1. The van der Waals surface area contributed by atoms with Crippen LogP contribution in [0.4, 0.5) is 0 Å². The van der Waals surface area contributed by atoms with Crippen molar-refractivity contribution in [2.75, 3.05) is 39.3 Å². The highest BCUT2D eigenvalue weighted by Gasteiger charge is 2.20. The average molecular weight is 562 g/mol. The number of nitrogens with zero attached hydrogens (tertiary/aromatic N) is 4. The highest BCUT2D eigenvalue weighted by atomic mass is 127. The van der Waals surface area contributed by atoms with Gasteiger partial charge in [-0.15, -0.1) is 24.0 Å². The number of guanidine groups is 1. The normalized spacial score (nSPS) is 15.4. The Balaban J connectivity index is 0.00000280. The molecule has 0 spiro atoms. The third kappa shape index (κ3) is 7.36. The van der Waals surface area contributed by atoms with E-state index in [-0.39, 0.29) is 24.0 Å². The van der Waals surface area contributed by atoms with Gasteiger partial charge in [-0.3, -0.25) is 9.89 Å². The van der Waals surface area contributed by atoms with E-state index in [0.29, 0.717) is 0 Å². The number of hydrogen-bond donors (Lipinski definition) is 1. The molecule has 154 valence electrons. The minimum absolute atomic E-state index is 0. The van der Waals surface area contributed by atoms with Crippen molar-refractivity contribution in [3.63, 3.8) is 0 Å². The zero-order valence-corrected chi connectivity index (χ0v) is 20.2. The molecule has 0 amide bonds. The number of benzene rings is 1. The maximum Gasteiger partial charge on any atom is 0.194 e. The van der Waals surface area contributed by atoms with Crippen molar-refractivity contribution in [2.24, 2.45) is 4.99 Å². The van der Waals surface area contributed by atoms with Crippen LogP contribution in [0.2, 0.25) is 0 Å². The van der Waals surface area contributed by atoms with Crippen LogP contribution >= 0.6 is 39.9 Å². The van der Waals surface area contributed by atoms with E-state index in [4.69, 9.17) is 9.52 Å². The van der Waals surface area contributed by atoms with Gasteiger partial charge in [-0.2, -0.15) is 0 Å². The standard InChI is InChI=1S/C20H28BrN5O.HI/c1-2-22-20(23-9-4-6-17-5-3-7-18(21)15-17)26-12-10-25(11-13-26)16-19-8-14-27-24-19;/h3,5,7-8,14-15H,2,4,6,9-13,16H2,1H3,(H,22,23);1H. The molecule has 6 nitrogen and oxygen atoms in total. The van der Waals surface area contributed by atoms with Crippen molar-refractivity contribution >= 4 is 45.9 Å². The predicted molar refractivity (Wildman–Crippen MR) is 127 cm³/mol. The van der Waals surface area contributed by atoms with Crippen LogP contribution in [0.25, 0.3) is 0 Å². The maximum absolute atomic E-state index is 4.92. The fourth-order valence-corrected chi connectivity index (χ4v) is 3.70. The molecule has 1 aliphatic heterocycles. The molecule has 1 aliphatic rings.